The maximum Gasteiger partial charge on any atom is 0.233 e. The third-order valence-electron chi connectivity index (χ3n) is 4.27. The first-order chi connectivity index (χ1) is 13.6. The first kappa shape index (κ1) is 18.4. The Morgan fingerprint density at radius 1 is 0.857 bits per heavy atom. The monoisotopic (exact) mass is 402 g/mol. The lowest BCUT2D eigenvalue weighted by molar-refractivity contribution is 0.628. The van der Waals surface area contributed by atoms with Gasteiger partial charge in [-0.15, -0.1) is 0 Å². The maximum absolute atomic E-state index is 13.5. The van der Waals surface area contributed by atoms with Gasteiger partial charge in [0.15, 0.2) is 0 Å². The van der Waals surface area contributed by atoms with E-state index in [0.29, 0.717) is 17.3 Å². The lowest BCUT2D eigenvalue weighted by Crippen LogP contribution is -2.21. The van der Waals surface area contributed by atoms with Crippen LogP contribution >= 0.6 is 11.6 Å². The Hall–Kier alpha value is -3.00. The summed E-state index contributed by atoms with van der Waals surface area (Å²) in [5.74, 6) is 0.200. The summed E-state index contributed by atoms with van der Waals surface area (Å²) in [5, 5.41) is 6.02. The molecule has 1 aromatic heterocycles. The number of nitrogens with zero attached hydrogens (tertiary/aromatic N) is 4. The quantitative estimate of drug-likeness (QED) is 0.633. The van der Waals surface area contributed by atoms with Gasteiger partial charge < -0.3 is 15.5 Å². The predicted molar refractivity (Wildman–Crippen MR) is 106 cm³/mol. The van der Waals surface area contributed by atoms with E-state index in [1.807, 2.05) is 0 Å². The second kappa shape index (κ2) is 7.93. The molecule has 2 heterocycles. The minimum Gasteiger partial charge on any atom is -0.341 e. The zero-order chi connectivity index (χ0) is 19.5. The Balaban J connectivity index is 1.66. The van der Waals surface area contributed by atoms with Crippen LogP contribution in [0.25, 0.3) is 0 Å². The highest BCUT2D eigenvalue weighted by molar-refractivity contribution is 6.31. The van der Waals surface area contributed by atoms with Gasteiger partial charge >= 0.3 is 0 Å². The van der Waals surface area contributed by atoms with Crippen molar-refractivity contribution in [1.82, 2.24) is 15.0 Å². The van der Waals surface area contributed by atoms with Gasteiger partial charge in [-0.25, -0.2) is 8.78 Å². The number of hydrogen-bond acceptors (Lipinski definition) is 6. The molecule has 0 amide bonds. The van der Waals surface area contributed by atoms with Crippen molar-refractivity contribution in [3.05, 3.63) is 59.1 Å². The van der Waals surface area contributed by atoms with Gasteiger partial charge in [0, 0.05) is 24.5 Å². The third kappa shape index (κ3) is 4.28. The second-order valence-corrected chi connectivity index (χ2v) is 6.77. The van der Waals surface area contributed by atoms with Crippen LogP contribution in [-0.4, -0.2) is 28.0 Å². The van der Waals surface area contributed by atoms with E-state index in [0.717, 1.165) is 25.9 Å². The van der Waals surface area contributed by atoms with E-state index in [4.69, 9.17) is 11.6 Å². The first-order valence-corrected chi connectivity index (χ1v) is 9.20. The zero-order valence-electron chi connectivity index (χ0n) is 14.8. The Morgan fingerprint density at radius 3 is 2.18 bits per heavy atom. The first-order valence-electron chi connectivity index (χ1n) is 8.82. The van der Waals surface area contributed by atoms with Crippen molar-refractivity contribution in [3.8, 4) is 0 Å². The van der Waals surface area contributed by atoms with Crippen LogP contribution in [0.4, 0.5) is 38.0 Å². The molecule has 3 aromatic rings. The highest BCUT2D eigenvalue weighted by atomic mass is 35.5. The van der Waals surface area contributed by atoms with Crippen LogP contribution < -0.4 is 15.5 Å². The van der Waals surface area contributed by atoms with E-state index in [9.17, 15) is 8.78 Å². The molecular weight excluding hydrogens is 386 g/mol. The highest BCUT2D eigenvalue weighted by Gasteiger charge is 2.18. The zero-order valence-corrected chi connectivity index (χ0v) is 15.5. The summed E-state index contributed by atoms with van der Waals surface area (Å²) in [4.78, 5) is 15.3. The smallest absolute Gasteiger partial charge is 0.233 e. The van der Waals surface area contributed by atoms with Gasteiger partial charge in [0.1, 0.15) is 11.6 Å². The Kier molecular flexibility index (Phi) is 5.21. The summed E-state index contributed by atoms with van der Waals surface area (Å²) in [5.41, 5.74) is 1.07. The number of anilines is 5. The Bertz CT molecular complexity index is 994. The van der Waals surface area contributed by atoms with E-state index in [-0.39, 0.29) is 22.7 Å². The summed E-state index contributed by atoms with van der Waals surface area (Å²) in [7, 11) is 0. The highest BCUT2D eigenvalue weighted by Crippen LogP contribution is 2.25. The fraction of sp³-hybridized carbons (Fsp3) is 0.211. The van der Waals surface area contributed by atoms with E-state index in [1.54, 1.807) is 18.2 Å². The molecule has 28 heavy (non-hydrogen) atoms. The van der Waals surface area contributed by atoms with E-state index in [1.165, 1.54) is 24.3 Å². The van der Waals surface area contributed by atoms with Crippen molar-refractivity contribution in [2.45, 2.75) is 12.8 Å². The number of rotatable bonds is 5. The van der Waals surface area contributed by atoms with Gasteiger partial charge in [0.25, 0.3) is 0 Å². The van der Waals surface area contributed by atoms with Crippen LogP contribution in [0.15, 0.2) is 42.5 Å². The van der Waals surface area contributed by atoms with Gasteiger partial charge in [-0.05, 0) is 49.2 Å². The van der Waals surface area contributed by atoms with Gasteiger partial charge in [-0.2, -0.15) is 15.0 Å². The number of hydrogen-bond donors (Lipinski definition) is 2. The average molecular weight is 403 g/mol. The maximum atomic E-state index is 13.5. The molecule has 1 fully saturated rings. The van der Waals surface area contributed by atoms with Crippen LogP contribution in [-0.2, 0) is 0 Å². The largest absolute Gasteiger partial charge is 0.341 e. The molecule has 0 spiro atoms. The molecule has 9 heteroatoms. The van der Waals surface area contributed by atoms with E-state index >= 15 is 0 Å². The van der Waals surface area contributed by atoms with Crippen molar-refractivity contribution in [2.24, 2.45) is 0 Å². The van der Waals surface area contributed by atoms with Crippen molar-refractivity contribution >= 4 is 40.8 Å². The Labute approximate surface area is 165 Å². The minimum absolute atomic E-state index is 0.00284. The summed E-state index contributed by atoms with van der Waals surface area (Å²) in [6.07, 6.45) is 2.13. The van der Waals surface area contributed by atoms with Crippen molar-refractivity contribution in [2.75, 3.05) is 28.6 Å². The average Bonchev–Trinajstić information content (AvgIpc) is 3.19. The van der Waals surface area contributed by atoms with Crippen LogP contribution in [0.3, 0.4) is 0 Å². The molecule has 1 aliphatic heterocycles. The molecule has 4 rings (SSSR count). The van der Waals surface area contributed by atoms with Gasteiger partial charge in [0.2, 0.25) is 17.8 Å². The molecule has 1 saturated heterocycles. The summed E-state index contributed by atoms with van der Waals surface area (Å²) in [6, 6.07) is 10.3. The molecule has 0 saturated carbocycles. The molecule has 0 bridgehead atoms. The van der Waals surface area contributed by atoms with Crippen molar-refractivity contribution in [1.29, 1.82) is 0 Å². The summed E-state index contributed by atoms with van der Waals surface area (Å²) < 4.78 is 26.9. The molecule has 0 aliphatic carbocycles. The molecule has 144 valence electrons. The number of aromatic nitrogens is 3. The molecule has 2 aromatic carbocycles. The van der Waals surface area contributed by atoms with Crippen LogP contribution in [0.1, 0.15) is 12.8 Å². The van der Waals surface area contributed by atoms with Gasteiger partial charge in [-0.3, -0.25) is 0 Å². The lowest BCUT2D eigenvalue weighted by Gasteiger charge is -2.17. The van der Waals surface area contributed by atoms with Crippen LogP contribution in [0.5, 0.6) is 0 Å². The van der Waals surface area contributed by atoms with Gasteiger partial charge in [-0.1, -0.05) is 17.7 Å². The molecule has 0 unspecified atom stereocenters. The molecule has 0 atom stereocenters. The molecule has 0 radical (unpaired) electrons. The van der Waals surface area contributed by atoms with E-state index in [2.05, 4.69) is 30.5 Å². The van der Waals surface area contributed by atoms with Gasteiger partial charge in [0.05, 0.1) is 5.02 Å². The topological polar surface area (TPSA) is 66.0 Å². The molecular formula is C19H17ClF2N6. The summed E-state index contributed by atoms with van der Waals surface area (Å²) in [6.45, 7) is 1.70. The number of nitrogens with one attached hydrogen (secondary N) is 2. The number of halogens is 3. The number of benzene rings is 2. The normalized spacial score (nSPS) is 13.6. The summed E-state index contributed by atoms with van der Waals surface area (Å²) >= 11 is 5.84. The third-order valence-corrected chi connectivity index (χ3v) is 4.56. The SMILES string of the molecule is Fc1cccc(Nc2nc(Nc3ccc(F)c(Cl)c3)nc(N3CCCC3)n2)c1. The molecule has 2 N–H and O–H groups in total. The molecule has 1 aliphatic rings. The van der Waals surface area contributed by atoms with Crippen LogP contribution in [0.2, 0.25) is 5.02 Å². The molecule has 6 nitrogen and oxygen atoms in total. The second-order valence-electron chi connectivity index (χ2n) is 6.37. The van der Waals surface area contributed by atoms with Crippen LogP contribution in [0, 0.1) is 11.6 Å². The fourth-order valence-electron chi connectivity index (χ4n) is 2.93. The Morgan fingerprint density at radius 2 is 1.54 bits per heavy atom. The predicted octanol–water partition coefficient (Wildman–Crippen LogP) is 4.89. The van der Waals surface area contributed by atoms with Crippen molar-refractivity contribution < 1.29 is 8.78 Å². The fourth-order valence-corrected chi connectivity index (χ4v) is 3.11. The van der Waals surface area contributed by atoms with Crippen molar-refractivity contribution in [3.63, 3.8) is 0 Å². The minimum atomic E-state index is -0.505. The van der Waals surface area contributed by atoms with E-state index < -0.39 is 5.82 Å². The lowest BCUT2D eigenvalue weighted by atomic mass is 10.3. The standard InChI is InChI=1S/C19H17ClF2N6/c20-15-11-14(6-7-16(15)22)24-18-25-17(23-13-5-3-4-12(21)10-13)26-19(27-18)28-8-1-2-9-28/h3-7,10-11H,1-2,8-9H2,(H2,23,24,25,26,27).